The van der Waals surface area contributed by atoms with Crippen LogP contribution in [0.5, 0.6) is 0 Å². The normalized spacial score (nSPS) is 11.7. The predicted octanol–water partition coefficient (Wildman–Crippen LogP) is 3.19. The first kappa shape index (κ1) is 18.7. The monoisotopic (exact) mass is 360 g/mol. The highest BCUT2D eigenvalue weighted by Crippen LogP contribution is 2.29. The molecule has 0 saturated carbocycles. The molecule has 25 heavy (non-hydrogen) atoms. The molecular weight excluding hydrogens is 340 g/mol. The minimum absolute atomic E-state index is 0.106. The van der Waals surface area contributed by atoms with Crippen LogP contribution in [0, 0.1) is 0 Å². The van der Waals surface area contributed by atoms with Crippen LogP contribution in [0.4, 0.5) is 4.79 Å². The Labute approximate surface area is 150 Å². The number of hydrogen-bond acceptors (Lipinski definition) is 5. The topological polar surface area (TPSA) is 84.5 Å². The summed E-state index contributed by atoms with van der Waals surface area (Å²) in [6.07, 6.45) is -1.09. The van der Waals surface area contributed by atoms with E-state index in [9.17, 15) is 14.4 Å². The minimum Gasteiger partial charge on any atom is -0.448 e. The second kappa shape index (κ2) is 8.43. The van der Waals surface area contributed by atoms with Crippen molar-refractivity contribution in [1.29, 1.82) is 0 Å². The minimum atomic E-state index is -1.09. The van der Waals surface area contributed by atoms with Crippen molar-refractivity contribution in [2.45, 2.75) is 32.9 Å². The first-order valence-electron chi connectivity index (χ1n) is 7.83. The zero-order valence-electron chi connectivity index (χ0n) is 14.2. The molecule has 0 aliphatic rings. The van der Waals surface area contributed by atoms with Crippen LogP contribution in [0.2, 0.25) is 0 Å². The summed E-state index contributed by atoms with van der Waals surface area (Å²) in [6, 6.07) is 10.5. The van der Waals surface area contributed by atoms with E-state index >= 15 is 0 Å². The van der Waals surface area contributed by atoms with Crippen LogP contribution in [0.1, 0.15) is 30.4 Å². The molecule has 2 rings (SSSR count). The number of nitrogens with one attached hydrogen (secondary N) is 2. The number of urea groups is 1. The van der Waals surface area contributed by atoms with Gasteiger partial charge in [0.25, 0.3) is 5.91 Å². The third kappa shape index (κ3) is 5.15. The number of ether oxygens (including phenoxy) is 1. The van der Waals surface area contributed by atoms with Gasteiger partial charge in [0.05, 0.1) is 0 Å². The van der Waals surface area contributed by atoms with E-state index in [0.29, 0.717) is 4.88 Å². The van der Waals surface area contributed by atoms with Crippen molar-refractivity contribution in [1.82, 2.24) is 10.6 Å². The molecule has 1 unspecified atom stereocenters. The van der Waals surface area contributed by atoms with Crippen molar-refractivity contribution in [3.05, 3.63) is 46.7 Å². The number of hydrogen-bond donors (Lipinski definition) is 2. The molecule has 1 heterocycles. The van der Waals surface area contributed by atoms with Gasteiger partial charge in [-0.05, 0) is 37.8 Å². The molecule has 6 nitrogen and oxygen atoms in total. The van der Waals surface area contributed by atoms with Gasteiger partial charge in [-0.25, -0.2) is 9.59 Å². The Morgan fingerprint density at radius 2 is 1.72 bits per heavy atom. The third-order valence-corrected chi connectivity index (χ3v) is 4.14. The molecule has 0 radical (unpaired) electrons. The number of benzene rings is 1. The van der Waals surface area contributed by atoms with Crippen molar-refractivity contribution >= 4 is 29.2 Å². The Bertz CT molecular complexity index is 755. The lowest BCUT2D eigenvalue weighted by atomic mass is 10.1. The van der Waals surface area contributed by atoms with Gasteiger partial charge >= 0.3 is 12.0 Å². The van der Waals surface area contributed by atoms with Crippen molar-refractivity contribution in [3.63, 3.8) is 0 Å². The molecule has 3 amide bonds. The summed E-state index contributed by atoms with van der Waals surface area (Å²) in [6.45, 7) is 4.97. The summed E-state index contributed by atoms with van der Waals surface area (Å²) in [4.78, 5) is 36.3. The lowest BCUT2D eigenvalue weighted by Gasteiger charge is -2.14. The van der Waals surface area contributed by atoms with Crippen molar-refractivity contribution in [3.8, 4) is 11.1 Å². The van der Waals surface area contributed by atoms with E-state index in [0.717, 1.165) is 11.1 Å². The Kier molecular flexibility index (Phi) is 6.30. The summed E-state index contributed by atoms with van der Waals surface area (Å²) in [5.74, 6) is -1.27. The molecule has 0 aliphatic heterocycles. The summed E-state index contributed by atoms with van der Waals surface area (Å²) in [5.41, 5.74) is 1.64. The smallest absolute Gasteiger partial charge is 0.349 e. The molecule has 0 spiro atoms. The quantitative estimate of drug-likeness (QED) is 0.802. The maximum atomic E-state index is 12.4. The number of carbonyl (C=O) groups is 3. The fourth-order valence-electron chi connectivity index (χ4n) is 2.09. The Morgan fingerprint density at radius 3 is 2.36 bits per heavy atom. The highest BCUT2D eigenvalue weighted by Gasteiger charge is 2.23. The molecule has 0 aliphatic carbocycles. The molecular formula is C18H20N2O4S. The molecule has 1 atom stereocenters. The van der Waals surface area contributed by atoms with Crippen LogP contribution in [-0.2, 0) is 9.53 Å². The van der Waals surface area contributed by atoms with E-state index in [2.05, 4.69) is 10.6 Å². The second-order valence-corrected chi connectivity index (χ2v) is 6.61. The number of amides is 3. The Balaban J connectivity index is 2.02. The van der Waals surface area contributed by atoms with E-state index in [1.165, 1.54) is 18.3 Å². The van der Waals surface area contributed by atoms with Gasteiger partial charge in [-0.1, -0.05) is 30.3 Å². The van der Waals surface area contributed by atoms with E-state index in [-0.39, 0.29) is 6.04 Å². The fourth-order valence-corrected chi connectivity index (χ4v) is 2.89. The summed E-state index contributed by atoms with van der Waals surface area (Å²) in [5, 5.41) is 6.47. The molecule has 2 aromatic rings. The van der Waals surface area contributed by atoms with Crippen molar-refractivity contribution in [2.24, 2.45) is 0 Å². The number of thiophene rings is 1. The lowest BCUT2D eigenvalue weighted by molar-refractivity contribution is -0.127. The zero-order valence-corrected chi connectivity index (χ0v) is 15.1. The SMILES string of the molecule is CC(C)NC(=O)NC(=O)C(C)OC(=O)c1sccc1-c1ccccc1. The maximum absolute atomic E-state index is 12.4. The average molecular weight is 360 g/mol. The van der Waals surface area contributed by atoms with E-state index in [1.807, 2.05) is 36.4 Å². The van der Waals surface area contributed by atoms with Crippen LogP contribution in [-0.4, -0.2) is 30.1 Å². The van der Waals surface area contributed by atoms with Crippen LogP contribution >= 0.6 is 11.3 Å². The Hall–Kier alpha value is -2.67. The van der Waals surface area contributed by atoms with E-state index < -0.39 is 24.0 Å². The second-order valence-electron chi connectivity index (χ2n) is 5.69. The van der Waals surface area contributed by atoms with Crippen molar-refractivity contribution in [2.75, 3.05) is 0 Å². The maximum Gasteiger partial charge on any atom is 0.349 e. The molecule has 132 valence electrons. The van der Waals surface area contributed by atoms with Gasteiger partial charge in [-0.2, -0.15) is 0 Å². The van der Waals surface area contributed by atoms with Crippen LogP contribution < -0.4 is 10.6 Å². The van der Waals surface area contributed by atoms with Crippen LogP contribution in [0.15, 0.2) is 41.8 Å². The van der Waals surface area contributed by atoms with Gasteiger partial charge in [-0.3, -0.25) is 10.1 Å². The molecule has 7 heteroatoms. The third-order valence-electron chi connectivity index (χ3n) is 3.24. The first-order valence-corrected chi connectivity index (χ1v) is 8.71. The van der Waals surface area contributed by atoms with Gasteiger partial charge < -0.3 is 10.1 Å². The zero-order chi connectivity index (χ0) is 18.4. The van der Waals surface area contributed by atoms with Crippen molar-refractivity contribution < 1.29 is 19.1 Å². The standard InChI is InChI=1S/C18H20N2O4S/c1-11(2)19-18(23)20-16(21)12(3)24-17(22)15-14(9-10-25-15)13-7-5-4-6-8-13/h4-12H,1-3H3,(H2,19,20,21,23). The highest BCUT2D eigenvalue weighted by atomic mass is 32.1. The average Bonchev–Trinajstić information content (AvgIpc) is 3.04. The van der Waals surface area contributed by atoms with E-state index in [1.54, 1.807) is 19.2 Å². The van der Waals surface area contributed by atoms with Gasteiger partial charge in [0.2, 0.25) is 0 Å². The molecule has 0 saturated heterocycles. The summed E-state index contributed by atoms with van der Waals surface area (Å²) >= 11 is 1.24. The molecule has 0 bridgehead atoms. The number of imide groups is 1. The number of rotatable bonds is 5. The summed E-state index contributed by atoms with van der Waals surface area (Å²) in [7, 11) is 0. The molecule has 2 N–H and O–H groups in total. The van der Waals surface area contributed by atoms with Crippen LogP contribution in [0.3, 0.4) is 0 Å². The van der Waals surface area contributed by atoms with Gasteiger partial charge in [0.15, 0.2) is 6.10 Å². The number of carbonyl (C=O) groups excluding carboxylic acids is 3. The van der Waals surface area contributed by atoms with Gasteiger partial charge in [0.1, 0.15) is 4.88 Å². The Morgan fingerprint density at radius 1 is 1.04 bits per heavy atom. The summed E-state index contributed by atoms with van der Waals surface area (Å²) < 4.78 is 5.20. The van der Waals surface area contributed by atoms with Crippen LogP contribution in [0.25, 0.3) is 11.1 Å². The van der Waals surface area contributed by atoms with Gasteiger partial charge in [-0.15, -0.1) is 11.3 Å². The largest absolute Gasteiger partial charge is 0.448 e. The molecule has 1 aromatic heterocycles. The van der Waals surface area contributed by atoms with E-state index in [4.69, 9.17) is 4.74 Å². The molecule has 1 aromatic carbocycles. The number of esters is 1. The first-order chi connectivity index (χ1) is 11.9. The van der Waals surface area contributed by atoms with Gasteiger partial charge in [0, 0.05) is 11.6 Å². The predicted molar refractivity (Wildman–Crippen MR) is 96.4 cm³/mol. The lowest BCUT2D eigenvalue weighted by Crippen LogP contribution is -2.46. The fraction of sp³-hybridized carbons (Fsp3) is 0.278. The molecule has 0 fully saturated rings. The highest BCUT2D eigenvalue weighted by molar-refractivity contribution is 7.12.